The number of aliphatic carboxylic acids is 1. The molecule has 0 aromatic carbocycles. The molecule has 1 aromatic rings. The minimum Gasteiger partial charge on any atom is -0.481 e. The van der Waals surface area contributed by atoms with Crippen LogP contribution >= 0.6 is 0 Å². The summed E-state index contributed by atoms with van der Waals surface area (Å²) in [5.74, 6) is -0.894. The number of nitrogens with zero attached hydrogens (tertiary/aromatic N) is 2. The molecular weight excluding hydrogens is 274 g/mol. The maximum absolute atomic E-state index is 12.1. The second-order valence-electron chi connectivity index (χ2n) is 5.38. The van der Waals surface area contributed by atoms with Gasteiger partial charge in [-0.2, -0.15) is 0 Å². The van der Waals surface area contributed by atoms with Gasteiger partial charge in [0.25, 0.3) is 5.56 Å². The lowest BCUT2D eigenvalue weighted by Gasteiger charge is -2.15. The van der Waals surface area contributed by atoms with Crippen LogP contribution < -0.4 is 5.56 Å². The SMILES string of the molecule is Cc1nc(C)c(CCC(=O)N2CCC(C(=O)O)C2)c(=O)[nH]1. The van der Waals surface area contributed by atoms with Crippen molar-refractivity contribution in [2.75, 3.05) is 13.1 Å². The molecule has 0 saturated carbocycles. The number of carbonyl (C=O) groups is 2. The second-order valence-corrected chi connectivity index (χ2v) is 5.38. The molecule has 2 N–H and O–H groups in total. The van der Waals surface area contributed by atoms with Crippen LogP contribution in [0.5, 0.6) is 0 Å². The van der Waals surface area contributed by atoms with E-state index < -0.39 is 11.9 Å². The third kappa shape index (κ3) is 3.48. The number of aryl methyl sites for hydroxylation is 2. The smallest absolute Gasteiger partial charge is 0.308 e. The quantitative estimate of drug-likeness (QED) is 0.828. The Morgan fingerprint density at radius 3 is 2.71 bits per heavy atom. The molecule has 21 heavy (non-hydrogen) atoms. The maximum Gasteiger partial charge on any atom is 0.308 e. The number of H-pyrrole nitrogens is 1. The van der Waals surface area contributed by atoms with Crippen LogP contribution in [0.3, 0.4) is 0 Å². The molecule has 1 atom stereocenters. The summed E-state index contributed by atoms with van der Waals surface area (Å²) in [6.45, 7) is 4.19. The molecule has 0 bridgehead atoms. The first-order chi connectivity index (χ1) is 9.88. The number of nitrogens with one attached hydrogen (secondary N) is 1. The molecule has 114 valence electrons. The zero-order valence-corrected chi connectivity index (χ0v) is 12.2. The van der Waals surface area contributed by atoms with Crippen molar-refractivity contribution in [1.29, 1.82) is 0 Å². The highest BCUT2D eigenvalue weighted by molar-refractivity contribution is 5.79. The molecule has 2 heterocycles. The lowest BCUT2D eigenvalue weighted by Crippen LogP contribution is -2.30. The van der Waals surface area contributed by atoms with Crippen LogP contribution in [-0.4, -0.2) is 44.9 Å². The summed E-state index contributed by atoms with van der Waals surface area (Å²) in [5.41, 5.74) is 0.939. The van der Waals surface area contributed by atoms with Crippen molar-refractivity contribution >= 4 is 11.9 Å². The number of hydrogen-bond donors (Lipinski definition) is 2. The molecule has 1 fully saturated rings. The number of rotatable bonds is 4. The molecule has 0 radical (unpaired) electrons. The Hall–Kier alpha value is -2.18. The first-order valence-corrected chi connectivity index (χ1v) is 6.95. The van der Waals surface area contributed by atoms with E-state index >= 15 is 0 Å². The fourth-order valence-corrected chi connectivity index (χ4v) is 2.62. The van der Waals surface area contributed by atoms with E-state index in [4.69, 9.17) is 5.11 Å². The molecule has 2 rings (SSSR count). The predicted molar refractivity (Wildman–Crippen MR) is 75.0 cm³/mol. The van der Waals surface area contributed by atoms with E-state index in [1.807, 2.05) is 0 Å². The highest BCUT2D eigenvalue weighted by Crippen LogP contribution is 2.17. The number of carboxylic acid groups (broad SMARTS) is 1. The van der Waals surface area contributed by atoms with E-state index in [0.29, 0.717) is 36.5 Å². The standard InChI is InChI=1S/C14H19N3O4/c1-8-11(13(19)16-9(2)15-8)3-4-12(18)17-6-5-10(7-17)14(20)21/h10H,3-7H2,1-2H3,(H,20,21)(H,15,16,19). The van der Waals surface area contributed by atoms with Crippen molar-refractivity contribution in [3.63, 3.8) is 0 Å². The average molecular weight is 293 g/mol. The summed E-state index contributed by atoms with van der Waals surface area (Å²) in [6, 6.07) is 0. The van der Waals surface area contributed by atoms with Gasteiger partial charge < -0.3 is 15.0 Å². The molecule has 0 aliphatic carbocycles. The van der Waals surface area contributed by atoms with Crippen molar-refractivity contribution in [2.45, 2.75) is 33.1 Å². The highest BCUT2D eigenvalue weighted by atomic mass is 16.4. The van der Waals surface area contributed by atoms with Crippen LogP contribution in [0.4, 0.5) is 0 Å². The number of hydrogen-bond acceptors (Lipinski definition) is 4. The Balaban J connectivity index is 1.97. The molecule has 1 aromatic heterocycles. The highest BCUT2D eigenvalue weighted by Gasteiger charge is 2.30. The van der Waals surface area contributed by atoms with E-state index in [-0.39, 0.29) is 24.4 Å². The van der Waals surface area contributed by atoms with Crippen molar-refractivity contribution in [3.05, 3.63) is 27.4 Å². The van der Waals surface area contributed by atoms with Crippen molar-refractivity contribution in [2.24, 2.45) is 5.92 Å². The van der Waals surface area contributed by atoms with Gasteiger partial charge in [-0.15, -0.1) is 0 Å². The number of aromatic nitrogens is 2. The van der Waals surface area contributed by atoms with Crippen molar-refractivity contribution < 1.29 is 14.7 Å². The Morgan fingerprint density at radius 2 is 2.14 bits per heavy atom. The molecule has 0 spiro atoms. The van der Waals surface area contributed by atoms with Crippen LogP contribution in [0, 0.1) is 19.8 Å². The summed E-state index contributed by atoms with van der Waals surface area (Å²) in [6.07, 6.45) is 1.01. The van der Waals surface area contributed by atoms with Crippen molar-refractivity contribution in [3.8, 4) is 0 Å². The molecule has 1 aliphatic rings. The molecule has 7 nitrogen and oxygen atoms in total. The topological polar surface area (TPSA) is 103 Å². The van der Waals surface area contributed by atoms with Gasteiger partial charge in [0.1, 0.15) is 5.82 Å². The van der Waals surface area contributed by atoms with E-state index in [2.05, 4.69) is 9.97 Å². The molecule has 1 amide bonds. The largest absolute Gasteiger partial charge is 0.481 e. The summed E-state index contributed by atoms with van der Waals surface area (Å²) in [7, 11) is 0. The summed E-state index contributed by atoms with van der Waals surface area (Å²) in [4.78, 5) is 43.2. The van der Waals surface area contributed by atoms with E-state index in [1.54, 1.807) is 18.7 Å². The Labute approximate surface area is 122 Å². The summed E-state index contributed by atoms with van der Waals surface area (Å²) in [5, 5.41) is 8.93. The molecular formula is C14H19N3O4. The third-order valence-corrected chi connectivity index (χ3v) is 3.82. The van der Waals surface area contributed by atoms with Crippen LogP contribution in [0.1, 0.15) is 29.9 Å². The normalized spacial score (nSPS) is 18.0. The molecule has 1 aliphatic heterocycles. The van der Waals surface area contributed by atoms with Crippen LogP contribution in [0.15, 0.2) is 4.79 Å². The van der Waals surface area contributed by atoms with Gasteiger partial charge in [-0.05, 0) is 26.7 Å². The molecule has 1 saturated heterocycles. The van der Waals surface area contributed by atoms with Gasteiger partial charge in [0.05, 0.1) is 5.92 Å². The zero-order valence-electron chi connectivity index (χ0n) is 12.2. The number of amides is 1. The van der Waals surface area contributed by atoms with Crippen molar-refractivity contribution in [1.82, 2.24) is 14.9 Å². The lowest BCUT2D eigenvalue weighted by atomic mass is 10.1. The van der Waals surface area contributed by atoms with Gasteiger partial charge in [-0.1, -0.05) is 0 Å². The second kappa shape index (κ2) is 6.07. The van der Waals surface area contributed by atoms with Crippen LogP contribution in [0.2, 0.25) is 0 Å². The maximum atomic E-state index is 12.1. The summed E-state index contributed by atoms with van der Waals surface area (Å²) < 4.78 is 0. The van der Waals surface area contributed by atoms with Gasteiger partial charge in [0, 0.05) is 30.8 Å². The third-order valence-electron chi connectivity index (χ3n) is 3.82. The first-order valence-electron chi connectivity index (χ1n) is 6.95. The minimum absolute atomic E-state index is 0.113. The number of likely N-dealkylation sites (tertiary alicyclic amines) is 1. The number of carbonyl (C=O) groups excluding carboxylic acids is 1. The van der Waals surface area contributed by atoms with Gasteiger partial charge in [-0.25, -0.2) is 4.98 Å². The van der Waals surface area contributed by atoms with Gasteiger partial charge in [-0.3, -0.25) is 14.4 Å². The van der Waals surface area contributed by atoms with Gasteiger partial charge in [0.2, 0.25) is 5.91 Å². The van der Waals surface area contributed by atoms with E-state index in [9.17, 15) is 14.4 Å². The fourth-order valence-electron chi connectivity index (χ4n) is 2.62. The van der Waals surface area contributed by atoms with Gasteiger partial charge >= 0.3 is 5.97 Å². The molecule has 1 unspecified atom stereocenters. The Morgan fingerprint density at radius 1 is 1.43 bits per heavy atom. The Bertz CT molecular complexity index is 623. The van der Waals surface area contributed by atoms with Crippen LogP contribution in [0.25, 0.3) is 0 Å². The molecule has 7 heteroatoms. The zero-order chi connectivity index (χ0) is 15.6. The number of aromatic amines is 1. The minimum atomic E-state index is -0.861. The monoisotopic (exact) mass is 293 g/mol. The van der Waals surface area contributed by atoms with E-state index in [0.717, 1.165) is 0 Å². The Kier molecular flexibility index (Phi) is 4.40. The lowest BCUT2D eigenvalue weighted by molar-refractivity contribution is -0.141. The predicted octanol–water partition coefficient (Wildman–Crippen LogP) is 0.252. The number of carboxylic acids is 1. The van der Waals surface area contributed by atoms with Gasteiger partial charge in [0.15, 0.2) is 0 Å². The average Bonchev–Trinajstić information content (AvgIpc) is 2.86. The summed E-state index contributed by atoms with van der Waals surface area (Å²) >= 11 is 0. The van der Waals surface area contributed by atoms with Crippen LogP contribution in [-0.2, 0) is 16.0 Å². The van der Waals surface area contributed by atoms with E-state index in [1.165, 1.54) is 0 Å². The first kappa shape index (κ1) is 15.2. The fraction of sp³-hybridized carbons (Fsp3) is 0.571.